The van der Waals surface area contributed by atoms with E-state index < -0.39 is 42.4 Å². The van der Waals surface area contributed by atoms with Crippen molar-refractivity contribution in [3.63, 3.8) is 0 Å². The number of aryl methyl sites for hydroxylation is 1. The lowest BCUT2D eigenvalue weighted by Gasteiger charge is -2.48. The molecule has 0 aromatic heterocycles. The van der Waals surface area contributed by atoms with Crippen molar-refractivity contribution in [1.29, 1.82) is 0 Å². The number of hydrogen-bond acceptors (Lipinski definition) is 9. The minimum atomic E-state index is -1.27. The summed E-state index contributed by atoms with van der Waals surface area (Å²) in [4.78, 5) is 60.5. The number of nitrogens with one attached hydrogen (secondary N) is 2. The molecule has 2 saturated carbocycles. The number of Topliss-reactive ketones (excluding diaryl/α,β-unsaturated/α-hetero) is 1. The number of nitrogens with two attached hydrogens (primary N) is 1. The number of thioether (sulfide) groups is 1. The first-order valence-corrected chi connectivity index (χ1v) is 14.8. The van der Waals surface area contributed by atoms with Crippen molar-refractivity contribution in [3.05, 3.63) is 17.2 Å². The average Bonchev–Trinajstić information content (AvgIpc) is 3.23. The summed E-state index contributed by atoms with van der Waals surface area (Å²) in [6.07, 6.45) is 4.00. The van der Waals surface area contributed by atoms with Gasteiger partial charge in [0.15, 0.2) is 11.5 Å². The molecule has 12 nitrogen and oxygen atoms in total. The highest BCUT2D eigenvalue weighted by molar-refractivity contribution is 7.99. The van der Waals surface area contributed by atoms with Crippen LogP contribution in [-0.2, 0) is 30.4 Å². The van der Waals surface area contributed by atoms with Gasteiger partial charge in [0.2, 0.25) is 11.8 Å². The Morgan fingerprint density at radius 2 is 1.88 bits per heavy atom. The first-order valence-electron chi connectivity index (χ1n) is 13.8. The van der Waals surface area contributed by atoms with Crippen molar-refractivity contribution in [2.24, 2.45) is 23.0 Å². The SMILES string of the molecule is C[C@]12CCC3c4c(cc(O)c(O)c4SC[C@@H](NC(=O)CC[C@@H](N)C(=O)O)C(=O)NCC(=O)O)CCC3C1CCC2=O. The lowest BCUT2D eigenvalue weighted by atomic mass is 9.55. The minimum Gasteiger partial charge on any atom is -0.504 e. The van der Waals surface area contributed by atoms with Gasteiger partial charge < -0.3 is 36.8 Å². The zero-order valence-electron chi connectivity index (χ0n) is 22.9. The van der Waals surface area contributed by atoms with E-state index >= 15 is 0 Å². The van der Waals surface area contributed by atoms with E-state index in [9.17, 15) is 34.2 Å². The molecule has 0 radical (unpaired) electrons. The Balaban J connectivity index is 1.57. The Bertz CT molecular complexity index is 1250. The monoisotopic (exact) mass is 591 g/mol. The molecule has 1 aromatic carbocycles. The van der Waals surface area contributed by atoms with Gasteiger partial charge in [-0.05, 0) is 73.5 Å². The maximum atomic E-state index is 12.8. The van der Waals surface area contributed by atoms with Gasteiger partial charge in [0.05, 0.1) is 4.90 Å². The van der Waals surface area contributed by atoms with Crippen LogP contribution >= 0.6 is 11.8 Å². The summed E-state index contributed by atoms with van der Waals surface area (Å²) in [5.41, 5.74) is 6.92. The van der Waals surface area contributed by atoms with Crippen LogP contribution in [0.5, 0.6) is 11.5 Å². The molecule has 1 aromatic rings. The van der Waals surface area contributed by atoms with Gasteiger partial charge in [0, 0.05) is 24.0 Å². The quantitative estimate of drug-likeness (QED) is 0.144. The van der Waals surface area contributed by atoms with Gasteiger partial charge in [0.1, 0.15) is 24.4 Å². The largest absolute Gasteiger partial charge is 0.504 e. The van der Waals surface area contributed by atoms with Gasteiger partial charge in [-0.15, -0.1) is 11.8 Å². The van der Waals surface area contributed by atoms with Crippen LogP contribution in [0.4, 0.5) is 0 Å². The lowest BCUT2D eigenvalue weighted by Crippen LogP contribution is -2.49. The van der Waals surface area contributed by atoms with Gasteiger partial charge >= 0.3 is 11.9 Å². The zero-order chi connectivity index (χ0) is 30.1. The van der Waals surface area contributed by atoms with Crippen LogP contribution in [-0.4, -0.2) is 74.3 Å². The lowest BCUT2D eigenvalue weighted by molar-refractivity contribution is -0.139. The number of aromatic hydroxyl groups is 2. The third-order valence-electron chi connectivity index (χ3n) is 9.08. The molecule has 3 aliphatic rings. The van der Waals surface area contributed by atoms with Gasteiger partial charge in [-0.2, -0.15) is 0 Å². The van der Waals surface area contributed by atoms with Crippen LogP contribution in [0.3, 0.4) is 0 Å². The molecule has 0 bridgehead atoms. The summed E-state index contributed by atoms with van der Waals surface area (Å²) in [5.74, 6) is -3.81. The number of carboxylic acids is 2. The molecule has 2 fully saturated rings. The van der Waals surface area contributed by atoms with Crippen LogP contribution in [0.15, 0.2) is 11.0 Å². The van der Waals surface area contributed by atoms with Crippen LogP contribution < -0.4 is 16.4 Å². The van der Waals surface area contributed by atoms with E-state index in [1.807, 2.05) is 0 Å². The van der Waals surface area contributed by atoms with Gasteiger partial charge in [-0.1, -0.05) is 6.92 Å². The smallest absolute Gasteiger partial charge is 0.322 e. The van der Waals surface area contributed by atoms with Crippen LogP contribution in [0.1, 0.15) is 68.9 Å². The average molecular weight is 592 g/mol. The maximum absolute atomic E-state index is 12.8. The third-order valence-corrected chi connectivity index (χ3v) is 10.3. The van der Waals surface area contributed by atoms with Crippen molar-refractivity contribution < 1.29 is 44.4 Å². The first kappa shape index (κ1) is 30.6. The molecule has 6 atom stereocenters. The molecule has 224 valence electrons. The third kappa shape index (κ3) is 6.30. The summed E-state index contributed by atoms with van der Waals surface area (Å²) < 4.78 is 0. The van der Waals surface area contributed by atoms with E-state index in [0.29, 0.717) is 23.5 Å². The van der Waals surface area contributed by atoms with E-state index in [4.69, 9.17) is 15.9 Å². The Hall–Kier alpha value is -3.32. The molecule has 2 amide bonds. The number of hydrogen-bond donors (Lipinski definition) is 7. The number of benzene rings is 1. The van der Waals surface area contributed by atoms with Gasteiger partial charge in [-0.25, -0.2) is 0 Å². The maximum Gasteiger partial charge on any atom is 0.322 e. The van der Waals surface area contributed by atoms with Crippen molar-refractivity contribution in [2.45, 2.75) is 81.2 Å². The van der Waals surface area contributed by atoms with Gasteiger partial charge in [-0.3, -0.25) is 24.0 Å². The number of amides is 2. The summed E-state index contributed by atoms with van der Waals surface area (Å²) >= 11 is 1.08. The number of phenolic OH excluding ortho intramolecular Hbond substituents is 2. The summed E-state index contributed by atoms with van der Waals surface area (Å²) in [7, 11) is 0. The fourth-order valence-electron chi connectivity index (χ4n) is 6.91. The molecule has 0 heterocycles. The molecule has 41 heavy (non-hydrogen) atoms. The fourth-order valence-corrected chi connectivity index (χ4v) is 8.16. The standard InChI is InChI=1S/C28H37N3O9S/c1-28-9-8-15-14(16(28)4-6-20(28)33)3-2-13-10-19(32)24(37)25(23(13)15)41-12-18(26(38)30-11-22(35)36)31-21(34)7-5-17(29)27(39)40/h10,14-18,32,37H,2-9,11-12,29H2,1H3,(H,30,38)(H,31,34)(H,35,36)(H,39,40)/t14?,15?,16?,17-,18-,28+/m1/s1. The molecule has 4 rings (SSSR count). The Morgan fingerprint density at radius 3 is 2.56 bits per heavy atom. The van der Waals surface area contributed by atoms with Crippen molar-refractivity contribution >= 4 is 41.3 Å². The molecule has 3 unspecified atom stereocenters. The summed E-state index contributed by atoms with van der Waals surface area (Å²) in [6, 6.07) is -0.902. The number of carboxylic acid groups (broad SMARTS) is 2. The number of aliphatic carboxylic acids is 2. The van der Waals surface area contributed by atoms with E-state index in [-0.39, 0.29) is 53.3 Å². The number of phenols is 2. The van der Waals surface area contributed by atoms with E-state index in [1.54, 1.807) is 6.07 Å². The van der Waals surface area contributed by atoms with Crippen molar-refractivity contribution in [2.75, 3.05) is 12.3 Å². The molecule has 3 aliphatic carbocycles. The highest BCUT2D eigenvalue weighted by Crippen LogP contribution is 2.61. The second-order valence-electron chi connectivity index (χ2n) is 11.5. The van der Waals surface area contributed by atoms with Crippen LogP contribution in [0.2, 0.25) is 0 Å². The number of carbonyl (C=O) groups is 5. The predicted molar refractivity (Wildman–Crippen MR) is 148 cm³/mol. The van der Waals surface area contributed by atoms with Crippen LogP contribution in [0.25, 0.3) is 0 Å². The van der Waals surface area contributed by atoms with E-state index in [0.717, 1.165) is 48.6 Å². The molecule has 0 aliphatic heterocycles. The summed E-state index contributed by atoms with van der Waals surface area (Å²) in [5, 5.41) is 44.2. The van der Waals surface area contributed by atoms with Crippen molar-refractivity contribution in [3.8, 4) is 11.5 Å². The Morgan fingerprint density at radius 1 is 1.15 bits per heavy atom. The normalized spacial score (nSPS) is 26.2. The fraction of sp³-hybridized carbons (Fsp3) is 0.607. The number of rotatable bonds is 11. The zero-order valence-corrected chi connectivity index (χ0v) is 23.7. The van der Waals surface area contributed by atoms with E-state index in [1.165, 1.54) is 0 Å². The Labute approximate surface area is 241 Å². The summed E-state index contributed by atoms with van der Waals surface area (Å²) in [6.45, 7) is 1.39. The molecule has 0 spiro atoms. The molecule has 8 N–H and O–H groups in total. The number of fused-ring (bicyclic) bond motifs is 5. The van der Waals surface area contributed by atoms with Crippen LogP contribution in [0, 0.1) is 17.3 Å². The molecular formula is C28H37N3O9S. The van der Waals surface area contributed by atoms with E-state index in [2.05, 4.69) is 17.6 Å². The predicted octanol–water partition coefficient (Wildman–Crippen LogP) is 1.49. The Kier molecular flexibility index (Phi) is 9.17. The highest BCUT2D eigenvalue weighted by Gasteiger charge is 2.55. The molecule has 0 saturated heterocycles. The minimum absolute atomic E-state index is 0.0584. The van der Waals surface area contributed by atoms with Crippen molar-refractivity contribution in [1.82, 2.24) is 10.6 Å². The number of ketones is 1. The van der Waals surface area contributed by atoms with Gasteiger partial charge in [0.25, 0.3) is 0 Å². The topological polar surface area (TPSA) is 216 Å². The second-order valence-corrected chi connectivity index (χ2v) is 12.5. The highest BCUT2D eigenvalue weighted by atomic mass is 32.2. The first-order chi connectivity index (χ1) is 19.3. The number of carbonyl (C=O) groups excluding carboxylic acids is 3. The molecule has 13 heteroatoms. The molecular weight excluding hydrogens is 554 g/mol. The second kappa shape index (κ2) is 12.3.